The molecule has 2 N–H and O–H groups in total. The molecule has 1 aromatic carbocycles. The highest BCUT2D eigenvalue weighted by Gasteiger charge is 2.51. The minimum absolute atomic E-state index is 0.375. The zero-order valence-corrected chi connectivity index (χ0v) is 10.8. The zero-order chi connectivity index (χ0) is 12.2. The molecule has 2 nitrogen and oxygen atoms in total. The van der Waals surface area contributed by atoms with E-state index in [1.165, 1.54) is 43.2 Å². The molecule has 2 fully saturated rings. The van der Waals surface area contributed by atoms with Gasteiger partial charge >= 0.3 is 0 Å². The molecular weight excluding hydrogens is 222 g/mol. The Labute approximate surface area is 108 Å². The molecule has 2 heteroatoms. The predicted molar refractivity (Wildman–Crippen MR) is 71.9 cm³/mol. The van der Waals surface area contributed by atoms with Crippen LogP contribution in [0.3, 0.4) is 0 Å². The molecule has 2 aliphatic carbocycles. The topological polar surface area (TPSA) is 32.3 Å². The lowest BCUT2D eigenvalue weighted by atomic mass is 9.53. The van der Waals surface area contributed by atoms with Crippen molar-refractivity contribution in [3.63, 3.8) is 0 Å². The van der Waals surface area contributed by atoms with Gasteiger partial charge in [-0.1, -0.05) is 18.9 Å². The van der Waals surface area contributed by atoms with Gasteiger partial charge in [-0.05, 0) is 61.4 Å². The number of phenols is 1. The summed E-state index contributed by atoms with van der Waals surface area (Å²) in [4.78, 5) is 0. The van der Waals surface area contributed by atoms with Crippen LogP contribution in [0, 0.1) is 5.92 Å². The van der Waals surface area contributed by atoms with E-state index < -0.39 is 0 Å². The average molecular weight is 243 g/mol. The molecule has 0 spiro atoms. The highest BCUT2D eigenvalue weighted by Crippen LogP contribution is 2.54. The molecule has 96 valence electrons. The number of aromatic hydroxyl groups is 1. The summed E-state index contributed by atoms with van der Waals surface area (Å²) in [6, 6.07) is 6.75. The van der Waals surface area contributed by atoms with Gasteiger partial charge in [-0.2, -0.15) is 0 Å². The first-order valence-corrected chi connectivity index (χ1v) is 7.35. The molecule has 1 heterocycles. The lowest BCUT2D eigenvalue weighted by Gasteiger charge is -2.56. The summed E-state index contributed by atoms with van der Waals surface area (Å²) >= 11 is 0. The summed E-state index contributed by atoms with van der Waals surface area (Å²) in [5, 5.41) is 13.6. The normalized spacial score (nSPS) is 37.8. The van der Waals surface area contributed by atoms with E-state index in [4.69, 9.17) is 0 Å². The molecule has 0 unspecified atom stereocenters. The van der Waals surface area contributed by atoms with E-state index in [1.807, 2.05) is 6.07 Å². The summed E-state index contributed by atoms with van der Waals surface area (Å²) < 4.78 is 0. The number of hydrogen-bond donors (Lipinski definition) is 2. The summed E-state index contributed by atoms with van der Waals surface area (Å²) in [6.45, 7) is 1.15. The molecule has 1 saturated carbocycles. The van der Waals surface area contributed by atoms with Crippen LogP contribution in [0.5, 0.6) is 5.75 Å². The van der Waals surface area contributed by atoms with Gasteiger partial charge in [-0.15, -0.1) is 0 Å². The Morgan fingerprint density at radius 2 is 2.17 bits per heavy atom. The van der Waals surface area contributed by atoms with Crippen LogP contribution in [0.1, 0.15) is 43.2 Å². The number of fused-ring (bicyclic) bond motifs is 1. The summed E-state index contributed by atoms with van der Waals surface area (Å²) in [5.74, 6) is 1.25. The van der Waals surface area contributed by atoms with Crippen LogP contribution in [-0.2, 0) is 11.8 Å². The Morgan fingerprint density at radius 3 is 3.11 bits per heavy atom. The largest absolute Gasteiger partial charge is 0.508 e. The quantitative estimate of drug-likeness (QED) is 0.734. The monoisotopic (exact) mass is 243 g/mol. The maximum absolute atomic E-state index is 9.86. The lowest BCUT2D eigenvalue weighted by Crippen LogP contribution is -2.59. The number of hydrogen-bond acceptors (Lipinski definition) is 2. The van der Waals surface area contributed by atoms with Crippen molar-refractivity contribution in [2.75, 3.05) is 6.54 Å². The van der Waals surface area contributed by atoms with E-state index in [0.29, 0.717) is 17.2 Å². The first-order valence-electron chi connectivity index (χ1n) is 7.35. The van der Waals surface area contributed by atoms with E-state index in [2.05, 4.69) is 17.4 Å². The van der Waals surface area contributed by atoms with Gasteiger partial charge in [0.1, 0.15) is 5.75 Å². The summed E-state index contributed by atoms with van der Waals surface area (Å²) in [5.41, 5.74) is 3.33. The van der Waals surface area contributed by atoms with Gasteiger partial charge in [0.15, 0.2) is 0 Å². The van der Waals surface area contributed by atoms with Gasteiger partial charge in [0.25, 0.3) is 0 Å². The van der Waals surface area contributed by atoms with Crippen molar-refractivity contribution in [2.45, 2.75) is 50.0 Å². The molecule has 1 aromatic rings. The highest BCUT2D eigenvalue weighted by atomic mass is 16.3. The molecule has 2 bridgehead atoms. The Kier molecular flexibility index (Phi) is 2.25. The molecule has 0 amide bonds. The van der Waals surface area contributed by atoms with Crippen molar-refractivity contribution in [3.05, 3.63) is 29.3 Å². The van der Waals surface area contributed by atoms with E-state index in [9.17, 15) is 5.11 Å². The van der Waals surface area contributed by atoms with Gasteiger partial charge in [0.05, 0.1) is 0 Å². The molecule has 4 rings (SSSR count). The van der Waals surface area contributed by atoms with Gasteiger partial charge in [0, 0.05) is 11.5 Å². The van der Waals surface area contributed by atoms with Gasteiger partial charge in [-0.25, -0.2) is 0 Å². The fourth-order valence-corrected chi connectivity index (χ4v) is 4.91. The van der Waals surface area contributed by atoms with E-state index in [-0.39, 0.29) is 0 Å². The summed E-state index contributed by atoms with van der Waals surface area (Å²) in [7, 11) is 0. The van der Waals surface area contributed by atoms with E-state index in [1.54, 1.807) is 0 Å². The third-order valence-corrected chi connectivity index (χ3v) is 5.63. The third-order valence-electron chi connectivity index (χ3n) is 5.63. The van der Waals surface area contributed by atoms with Gasteiger partial charge in [-0.3, -0.25) is 0 Å². The van der Waals surface area contributed by atoms with Crippen LogP contribution in [0.4, 0.5) is 0 Å². The standard InChI is InChI=1S/C16H21NO/c18-12-5-4-11-9-15-13-3-1-2-6-16(13,7-8-17-15)14(11)10-12/h4-5,10,13,15,17-18H,1-3,6-9H2/t13-,15+,16+/m1/s1. The SMILES string of the molecule is Oc1ccc2c(c1)[C@]13CCCC[C@@H]1[C@H](C2)NCC3. The molecule has 1 saturated heterocycles. The molecular formula is C16H21NO. The van der Waals surface area contributed by atoms with Gasteiger partial charge < -0.3 is 10.4 Å². The fraction of sp³-hybridized carbons (Fsp3) is 0.625. The molecule has 3 atom stereocenters. The first kappa shape index (κ1) is 10.9. The second-order valence-electron chi connectivity index (χ2n) is 6.36. The minimum atomic E-state index is 0.375. The van der Waals surface area contributed by atoms with Crippen molar-refractivity contribution >= 4 is 0 Å². The van der Waals surface area contributed by atoms with Crippen molar-refractivity contribution in [1.29, 1.82) is 0 Å². The van der Waals surface area contributed by atoms with Crippen LogP contribution in [0.25, 0.3) is 0 Å². The van der Waals surface area contributed by atoms with Crippen LogP contribution < -0.4 is 5.32 Å². The summed E-state index contributed by atoms with van der Waals surface area (Å²) in [6.07, 6.45) is 7.85. The zero-order valence-electron chi connectivity index (χ0n) is 10.8. The maximum Gasteiger partial charge on any atom is 0.115 e. The lowest BCUT2D eigenvalue weighted by molar-refractivity contribution is 0.0795. The Bertz CT molecular complexity index is 480. The molecule has 18 heavy (non-hydrogen) atoms. The molecule has 3 aliphatic rings. The average Bonchev–Trinajstić information content (AvgIpc) is 2.40. The van der Waals surface area contributed by atoms with Crippen LogP contribution in [-0.4, -0.2) is 17.7 Å². The molecule has 0 aromatic heterocycles. The Hall–Kier alpha value is -1.02. The number of piperidine rings is 1. The highest BCUT2D eigenvalue weighted by molar-refractivity contribution is 5.45. The van der Waals surface area contributed by atoms with Crippen molar-refractivity contribution < 1.29 is 5.11 Å². The minimum Gasteiger partial charge on any atom is -0.508 e. The maximum atomic E-state index is 9.86. The van der Waals surface area contributed by atoms with E-state index >= 15 is 0 Å². The Balaban J connectivity index is 1.91. The van der Waals surface area contributed by atoms with Crippen LogP contribution >= 0.6 is 0 Å². The van der Waals surface area contributed by atoms with E-state index in [0.717, 1.165) is 18.9 Å². The number of phenolic OH excluding ortho intramolecular Hbond substituents is 1. The van der Waals surface area contributed by atoms with Crippen molar-refractivity contribution in [1.82, 2.24) is 5.32 Å². The second-order valence-corrected chi connectivity index (χ2v) is 6.36. The van der Waals surface area contributed by atoms with Crippen molar-refractivity contribution in [3.8, 4) is 5.75 Å². The van der Waals surface area contributed by atoms with Gasteiger partial charge in [0.2, 0.25) is 0 Å². The van der Waals surface area contributed by atoms with Crippen LogP contribution in [0.2, 0.25) is 0 Å². The van der Waals surface area contributed by atoms with Crippen LogP contribution in [0.15, 0.2) is 18.2 Å². The number of nitrogens with one attached hydrogen (secondary N) is 1. The smallest absolute Gasteiger partial charge is 0.115 e. The Morgan fingerprint density at radius 1 is 1.22 bits per heavy atom. The molecule has 0 radical (unpaired) electrons. The first-order chi connectivity index (χ1) is 8.79. The second kappa shape index (κ2) is 3.74. The van der Waals surface area contributed by atoms with Crippen molar-refractivity contribution in [2.24, 2.45) is 5.92 Å². The molecule has 1 aliphatic heterocycles. The predicted octanol–water partition coefficient (Wildman–Crippen LogP) is 2.74. The number of benzene rings is 1. The fourth-order valence-electron chi connectivity index (χ4n) is 4.91. The third kappa shape index (κ3) is 1.33. The number of rotatable bonds is 0.